The molecule has 1 atom stereocenters. The Bertz CT molecular complexity index is 218. The molecule has 2 rings (SSSR count). The molecule has 1 aliphatic heterocycles. The molecular weight excluding hydrogens is 160 g/mol. The summed E-state index contributed by atoms with van der Waals surface area (Å²) in [6.07, 6.45) is 6.43. The van der Waals surface area contributed by atoms with Crippen LogP contribution < -0.4 is 5.32 Å². The standard InChI is InChI=1S/C11H20N2/c1-11(2)8-9(11)13-10-6-4-3-5-7-12-10/h9H,3-8H2,1-2H3,(H,12,13). The van der Waals surface area contributed by atoms with Gasteiger partial charge in [0.15, 0.2) is 0 Å². The molecule has 1 N–H and O–H groups in total. The topological polar surface area (TPSA) is 24.4 Å². The summed E-state index contributed by atoms with van der Waals surface area (Å²) in [5.41, 5.74) is 0.523. The molecule has 2 aliphatic rings. The summed E-state index contributed by atoms with van der Waals surface area (Å²) in [6.45, 7) is 5.68. The first-order valence-corrected chi connectivity index (χ1v) is 5.48. The van der Waals surface area contributed by atoms with E-state index in [1.54, 1.807) is 0 Å². The highest BCUT2D eigenvalue weighted by Gasteiger charge is 2.45. The Balaban J connectivity index is 1.84. The van der Waals surface area contributed by atoms with Crippen molar-refractivity contribution in [2.75, 3.05) is 6.54 Å². The van der Waals surface area contributed by atoms with Gasteiger partial charge in [0.1, 0.15) is 0 Å². The summed E-state index contributed by atoms with van der Waals surface area (Å²) in [4.78, 5) is 4.57. The van der Waals surface area contributed by atoms with E-state index in [9.17, 15) is 0 Å². The van der Waals surface area contributed by atoms with E-state index in [0.717, 1.165) is 6.54 Å². The summed E-state index contributed by atoms with van der Waals surface area (Å²) in [5, 5.41) is 3.57. The Morgan fingerprint density at radius 2 is 2.08 bits per heavy atom. The average molecular weight is 180 g/mol. The van der Waals surface area contributed by atoms with E-state index in [1.165, 1.54) is 37.9 Å². The van der Waals surface area contributed by atoms with Crippen molar-refractivity contribution >= 4 is 5.84 Å². The van der Waals surface area contributed by atoms with Crippen molar-refractivity contribution in [3.63, 3.8) is 0 Å². The van der Waals surface area contributed by atoms with Crippen LogP contribution in [0, 0.1) is 5.41 Å². The van der Waals surface area contributed by atoms with Gasteiger partial charge in [-0.25, -0.2) is 0 Å². The summed E-state index contributed by atoms with van der Waals surface area (Å²) < 4.78 is 0. The van der Waals surface area contributed by atoms with E-state index < -0.39 is 0 Å². The Morgan fingerprint density at radius 3 is 2.77 bits per heavy atom. The molecule has 1 fully saturated rings. The number of rotatable bonds is 1. The third kappa shape index (κ3) is 2.23. The lowest BCUT2D eigenvalue weighted by atomic mass is 10.2. The van der Waals surface area contributed by atoms with Crippen LogP contribution in [-0.2, 0) is 0 Å². The van der Waals surface area contributed by atoms with Gasteiger partial charge >= 0.3 is 0 Å². The molecule has 0 saturated heterocycles. The molecule has 0 spiro atoms. The summed E-state index contributed by atoms with van der Waals surface area (Å²) >= 11 is 0. The molecule has 74 valence electrons. The van der Waals surface area contributed by atoms with Crippen LogP contribution in [0.2, 0.25) is 0 Å². The van der Waals surface area contributed by atoms with Crippen LogP contribution in [0.3, 0.4) is 0 Å². The molecule has 0 radical (unpaired) electrons. The summed E-state index contributed by atoms with van der Waals surface area (Å²) in [5.74, 6) is 1.27. The quantitative estimate of drug-likeness (QED) is 0.658. The van der Waals surface area contributed by atoms with Crippen molar-refractivity contribution < 1.29 is 0 Å². The first kappa shape index (κ1) is 9.04. The van der Waals surface area contributed by atoms with Crippen LogP contribution in [0.15, 0.2) is 4.99 Å². The van der Waals surface area contributed by atoms with Crippen LogP contribution in [0.4, 0.5) is 0 Å². The van der Waals surface area contributed by atoms with Crippen molar-refractivity contribution in [2.24, 2.45) is 10.4 Å². The molecule has 0 amide bonds. The third-order valence-electron chi connectivity index (χ3n) is 3.23. The highest BCUT2D eigenvalue weighted by atomic mass is 15.1. The second kappa shape index (κ2) is 3.32. The summed E-state index contributed by atoms with van der Waals surface area (Å²) in [7, 11) is 0. The van der Waals surface area contributed by atoms with E-state index in [0.29, 0.717) is 11.5 Å². The minimum Gasteiger partial charge on any atom is -0.371 e. The third-order valence-corrected chi connectivity index (χ3v) is 3.23. The van der Waals surface area contributed by atoms with Crippen LogP contribution in [0.1, 0.15) is 46.0 Å². The Hall–Kier alpha value is -0.530. The number of nitrogens with zero attached hydrogens (tertiary/aromatic N) is 1. The van der Waals surface area contributed by atoms with E-state index in [2.05, 4.69) is 24.2 Å². The minimum absolute atomic E-state index is 0.523. The molecule has 2 nitrogen and oxygen atoms in total. The van der Waals surface area contributed by atoms with E-state index >= 15 is 0 Å². The molecule has 0 bridgehead atoms. The minimum atomic E-state index is 0.523. The maximum atomic E-state index is 4.57. The van der Waals surface area contributed by atoms with Crippen molar-refractivity contribution in [3.05, 3.63) is 0 Å². The second-order valence-electron chi connectivity index (χ2n) is 5.03. The number of nitrogens with one attached hydrogen (secondary N) is 1. The number of amidine groups is 1. The van der Waals surface area contributed by atoms with Crippen LogP contribution >= 0.6 is 0 Å². The van der Waals surface area contributed by atoms with Crippen molar-refractivity contribution in [1.82, 2.24) is 5.32 Å². The molecular formula is C11H20N2. The maximum Gasteiger partial charge on any atom is 0.0965 e. The van der Waals surface area contributed by atoms with Gasteiger partial charge in [-0.1, -0.05) is 20.3 Å². The Kier molecular flexibility index (Phi) is 2.31. The number of hydrogen-bond donors (Lipinski definition) is 1. The lowest BCUT2D eigenvalue weighted by molar-refractivity contribution is 0.591. The Labute approximate surface area is 80.8 Å². The molecule has 13 heavy (non-hydrogen) atoms. The first-order valence-electron chi connectivity index (χ1n) is 5.48. The maximum absolute atomic E-state index is 4.57. The van der Waals surface area contributed by atoms with E-state index in [1.807, 2.05) is 0 Å². The first-order chi connectivity index (χ1) is 6.18. The largest absolute Gasteiger partial charge is 0.371 e. The van der Waals surface area contributed by atoms with Crippen molar-refractivity contribution in [1.29, 1.82) is 0 Å². The fourth-order valence-corrected chi connectivity index (χ4v) is 1.91. The number of aliphatic imine (C=N–C) groups is 1. The molecule has 1 aliphatic carbocycles. The molecule has 2 heteroatoms. The summed E-state index contributed by atoms with van der Waals surface area (Å²) in [6, 6.07) is 0.698. The van der Waals surface area contributed by atoms with Crippen LogP contribution in [0.25, 0.3) is 0 Å². The highest BCUT2D eigenvalue weighted by molar-refractivity contribution is 5.83. The lowest BCUT2D eigenvalue weighted by Gasteiger charge is -2.09. The fraction of sp³-hybridized carbons (Fsp3) is 0.909. The van der Waals surface area contributed by atoms with Gasteiger partial charge in [-0.3, -0.25) is 4.99 Å². The fourth-order valence-electron chi connectivity index (χ4n) is 1.91. The smallest absolute Gasteiger partial charge is 0.0965 e. The van der Waals surface area contributed by atoms with Gasteiger partial charge in [0.05, 0.1) is 5.84 Å². The van der Waals surface area contributed by atoms with Gasteiger partial charge in [-0.2, -0.15) is 0 Å². The zero-order chi connectivity index (χ0) is 9.31. The molecule has 0 aromatic rings. The van der Waals surface area contributed by atoms with Gasteiger partial charge in [0.2, 0.25) is 0 Å². The van der Waals surface area contributed by atoms with Gasteiger partial charge in [0.25, 0.3) is 0 Å². The predicted molar refractivity (Wildman–Crippen MR) is 56.1 cm³/mol. The monoisotopic (exact) mass is 180 g/mol. The van der Waals surface area contributed by atoms with E-state index in [4.69, 9.17) is 0 Å². The van der Waals surface area contributed by atoms with Gasteiger partial charge in [-0.05, 0) is 24.7 Å². The molecule has 1 unspecified atom stereocenters. The molecule has 1 saturated carbocycles. The average Bonchev–Trinajstić information content (AvgIpc) is 2.73. The normalized spacial score (nSPS) is 31.8. The van der Waals surface area contributed by atoms with Crippen molar-refractivity contribution in [3.8, 4) is 0 Å². The van der Waals surface area contributed by atoms with Gasteiger partial charge in [-0.15, -0.1) is 0 Å². The predicted octanol–water partition coefficient (Wildman–Crippen LogP) is 2.35. The second-order valence-corrected chi connectivity index (χ2v) is 5.03. The van der Waals surface area contributed by atoms with Crippen LogP contribution in [0.5, 0.6) is 0 Å². The molecule has 1 heterocycles. The van der Waals surface area contributed by atoms with E-state index in [-0.39, 0.29) is 0 Å². The molecule has 0 aromatic heterocycles. The highest BCUT2D eigenvalue weighted by Crippen LogP contribution is 2.44. The number of hydrogen-bond acceptors (Lipinski definition) is 2. The zero-order valence-electron chi connectivity index (χ0n) is 8.77. The molecule has 0 aromatic carbocycles. The van der Waals surface area contributed by atoms with Gasteiger partial charge in [0, 0.05) is 19.0 Å². The zero-order valence-corrected chi connectivity index (χ0v) is 8.77. The SMILES string of the molecule is CC1(C)CC1NC1=NCCCCC1. The Morgan fingerprint density at radius 1 is 1.31 bits per heavy atom. The van der Waals surface area contributed by atoms with Gasteiger partial charge < -0.3 is 5.32 Å². The van der Waals surface area contributed by atoms with Crippen molar-refractivity contribution in [2.45, 2.75) is 52.0 Å². The van der Waals surface area contributed by atoms with Crippen LogP contribution in [-0.4, -0.2) is 18.4 Å². The lowest BCUT2D eigenvalue weighted by Crippen LogP contribution is -2.28.